The van der Waals surface area contributed by atoms with Gasteiger partial charge in [-0.3, -0.25) is 14.4 Å². The molecule has 6 heteroatoms. The molecule has 0 saturated carbocycles. The Hall–Kier alpha value is -2.99. The minimum Gasteiger partial charge on any atom is -0.320 e. The molecule has 4 aliphatic heterocycles. The molecule has 0 aromatic heterocycles. The third-order valence-electron chi connectivity index (χ3n) is 7.72. The second-order valence-electron chi connectivity index (χ2n) is 9.14. The van der Waals surface area contributed by atoms with Crippen molar-refractivity contribution in [1.82, 2.24) is 0 Å². The van der Waals surface area contributed by atoms with Gasteiger partial charge in [0.05, 0.1) is 17.9 Å². The Labute approximate surface area is 174 Å². The van der Waals surface area contributed by atoms with Crippen LogP contribution < -0.4 is 15.1 Å². The summed E-state index contributed by atoms with van der Waals surface area (Å²) in [5.74, 6) is -1.62. The number of carbonyl (C=O) groups excluding carboxylic acids is 3. The molecule has 2 N–H and O–H groups in total. The number of nitrogens with zero attached hydrogens (tertiary/aromatic N) is 1. The molecule has 2 aromatic rings. The van der Waals surface area contributed by atoms with Crippen LogP contribution in [0.2, 0.25) is 0 Å². The lowest BCUT2D eigenvalue weighted by Crippen LogP contribution is -3.19. The molecule has 3 fully saturated rings. The molecule has 0 radical (unpaired) electrons. The molecule has 1 spiro atoms. The van der Waals surface area contributed by atoms with Gasteiger partial charge in [0, 0.05) is 18.4 Å². The fourth-order valence-electron chi connectivity index (χ4n) is 6.71. The van der Waals surface area contributed by atoms with Crippen molar-refractivity contribution in [1.29, 1.82) is 0 Å². The molecule has 3 amide bonds. The molecule has 5 atom stereocenters. The second-order valence-corrected chi connectivity index (χ2v) is 9.14. The van der Waals surface area contributed by atoms with E-state index < -0.39 is 17.4 Å². The third-order valence-corrected chi connectivity index (χ3v) is 7.72. The van der Waals surface area contributed by atoms with Gasteiger partial charge in [-0.2, -0.15) is 0 Å². The molecule has 6 rings (SSSR count). The lowest BCUT2D eigenvalue weighted by Gasteiger charge is -2.33. The molecule has 30 heavy (non-hydrogen) atoms. The highest BCUT2D eigenvalue weighted by atomic mass is 16.2. The van der Waals surface area contributed by atoms with Gasteiger partial charge in [0.2, 0.25) is 17.4 Å². The first kappa shape index (κ1) is 17.8. The van der Waals surface area contributed by atoms with E-state index in [4.69, 9.17) is 0 Å². The van der Waals surface area contributed by atoms with Crippen LogP contribution in [0, 0.1) is 25.7 Å². The van der Waals surface area contributed by atoms with E-state index in [0.717, 1.165) is 46.7 Å². The van der Waals surface area contributed by atoms with Crippen molar-refractivity contribution in [3.63, 3.8) is 0 Å². The predicted molar refractivity (Wildman–Crippen MR) is 111 cm³/mol. The largest absolute Gasteiger partial charge is 0.320 e. The Morgan fingerprint density at radius 3 is 2.67 bits per heavy atom. The molecule has 0 aliphatic carbocycles. The smallest absolute Gasteiger partial charge is 0.291 e. The van der Waals surface area contributed by atoms with Crippen LogP contribution in [0.1, 0.15) is 29.5 Å². The topological polar surface area (TPSA) is 70.9 Å². The van der Waals surface area contributed by atoms with Gasteiger partial charge in [0.1, 0.15) is 17.9 Å². The first-order valence-corrected chi connectivity index (χ1v) is 10.7. The standard InChI is InChI=1S/C24H23N3O3/c1-13-9-10-17(14(2)12-13)27-21(28)19-18-8-5-11-26(18)24(20(19)22(27)29)15-6-3-4-7-16(15)25-23(24)30/h3-4,6-7,9-10,12,18-20H,5,8,11H2,1-2H3,(H,25,30)/p+1/t18-,19+,20-,24+/m0/s1. The van der Waals surface area contributed by atoms with E-state index in [-0.39, 0.29) is 23.8 Å². The summed E-state index contributed by atoms with van der Waals surface area (Å²) in [4.78, 5) is 43.6. The summed E-state index contributed by atoms with van der Waals surface area (Å²) in [6.07, 6.45) is 1.83. The molecule has 0 bridgehead atoms. The first-order chi connectivity index (χ1) is 14.5. The van der Waals surface area contributed by atoms with Crippen LogP contribution >= 0.6 is 0 Å². The zero-order valence-corrected chi connectivity index (χ0v) is 17.1. The highest BCUT2D eigenvalue weighted by Gasteiger charge is 2.78. The average Bonchev–Trinajstić information content (AvgIpc) is 3.41. The van der Waals surface area contributed by atoms with Gasteiger partial charge in [0.15, 0.2) is 0 Å². The van der Waals surface area contributed by atoms with Crippen molar-refractivity contribution < 1.29 is 19.3 Å². The van der Waals surface area contributed by atoms with Crippen molar-refractivity contribution in [2.75, 3.05) is 16.8 Å². The van der Waals surface area contributed by atoms with Crippen LogP contribution in [0.5, 0.6) is 0 Å². The highest BCUT2D eigenvalue weighted by molar-refractivity contribution is 6.25. The second kappa shape index (κ2) is 5.79. The number of benzene rings is 2. The number of carbonyl (C=O) groups is 3. The monoisotopic (exact) mass is 402 g/mol. The zero-order chi connectivity index (χ0) is 20.8. The lowest BCUT2D eigenvalue weighted by atomic mass is 9.75. The number of imide groups is 1. The van der Waals surface area contributed by atoms with Gasteiger partial charge < -0.3 is 10.2 Å². The normalized spacial score (nSPS) is 33.8. The molecule has 3 saturated heterocycles. The van der Waals surface area contributed by atoms with Gasteiger partial charge in [-0.1, -0.05) is 35.9 Å². The number of amides is 3. The maximum Gasteiger partial charge on any atom is 0.291 e. The van der Waals surface area contributed by atoms with E-state index in [0.29, 0.717) is 5.69 Å². The van der Waals surface area contributed by atoms with E-state index in [1.807, 2.05) is 56.3 Å². The van der Waals surface area contributed by atoms with Crippen LogP contribution in [0.25, 0.3) is 0 Å². The van der Waals surface area contributed by atoms with Crippen molar-refractivity contribution >= 4 is 29.1 Å². The van der Waals surface area contributed by atoms with Gasteiger partial charge in [-0.25, -0.2) is 4.90 Å². The Morgan fingerprint density at radius 1 is 1.07 bits per heavy atom. The number of hydrogen-bond donors (Lipinski definition) is 2. The average molecular weight is 402 g/mol. The highest BCUT2D eigenvalue weighted by Crippen LogP contribution is 2.52. The number of hydrogen-bond acceptors (Lipinski definition) is 3. The molecule has 152 valence electrons. The van der Waals surface area contributed by atoms with Crippen LogP contribution in [-0.2, 0) is 19.9 Å². The quantitative estimate of drug-likeness (QED) is 0.707. The number of fused-ring (bicyclic) bond motifs is 7. The van der Waals surface area contributed by atoms with Crippen LogP contribution in [0.3, 0.4) is 0 Å². The Balaban J connectivity index is 1.56. The molecule has 2 aromatic carbocycles. The van der Waals surface area contributed by atoms with Crippen LogP contribution in [-0.4, -0.2) is 30.3 Å². The van der Waals surface area contributed by atoms with Gasteiger partial charge in [-0.05, 0) is 31.5 Å². The fraction of sp³-hybridized carbons (Fsp3) is 0.375. The van der Waals surface area contributed by atoms with Crippen molar-refractivity contribution in [3.8, 4) is 0 Å². The van der Waals surface area contributed by atoms with E-state index in [9.17, 15) is 14.4 Å². The summed E-state index contributed by atoms with van der Waals surface area (Å²) in [5.41, 5.74) is 3.26. The first-order valence-electron chi connectivity index (χ1n) is 10.7. The van der Waals surface area contributed by atoms with E-state index in [1.165, 1.54) is 4.90 Å². The predicted octanol–water partition coefficient (Wildman–Crippen LogP) is 1.32. The molecule has 4 heterocycles. The zero-order valence-electron chi connectivity index (χ0n) is 17.1. The summed E-state index contributed by atoms with van der Waals surface area (Å²) >= 11 is 0. The van der Waals surface area contributed by atoms with Gasteiger partial charge in [-0.15, -0.1) is 0 Å². The maximum absolute atomic E-state index is 13.9. The third kappa shape index (κ3) is 1.90. The summed E-state index contributed by atoms with van der Waals surface area (Å²) in [7, 11) is 0. The molecular weight excluding hydrogens is 378 g/mol. The van der Waals surface area contributed by atoms with E-state index in [2.05, 4.69) is 5.32 Å². The van der Waals surface area contributed by atoms with Crippen molar-refractivity contribution in [2.45, 2.75) is 38.3 Å². The number of rotatable bonds is 1. The SMILES string of the molecule is Cc1ccc(N2C(=O)[C@H]3[C@@H](C2=O)[C@]2(C(=O)Nc4ccccc42)[NH+]2CCC[C@@H]32)c(C)c1. The Bertz CT molecular complexity index is 1140. The summed E-state index contributed by atoms with van der Waals surface area (Å²) in [5, 5.41) is 3.02. The fourth-order valence-corrected chi connectivity index (χ4v) is 6.71. The summed E-state index contributed by atoms with van der Waals surface area (Å²) in [6, 6.07) is 13.4. The lowest BCUT2D eigenvalue weighted by molar-refractivity contribution is -0.948. The molecule has 4 aliphatic rings. The van der Waals surface area contributed by atoms with Crippen LogP contribution in [0.4, 0.5) is 11.4 Å². The maximum atomic E-state index is 13.9. The number of nitrogens with one attached hydrogen (secondary N) is 2. The molecule has 1 unspecified atom stereocenters. The molecule has 6 nitrogen and oxygen atoms in total. The molecular formula is C24H24N3O3+. The van der Waals surface area contributed by atoms with Gasteiger partial charge in [0.25, 0.3) is 5.91 Å². The Morgan fingerprint density at radius 2 is 1.87 bits per heavy atom. The van der Waals surface area contributed by atoms with Crippen LogP contribution in [0.15, 0.2) is 42.5 Å². The number of quaternary nitrogens is 1. The van der Waals surface area contributed by atoms with Crippen molar-refractivity contribution in [3.05, 3.63) is 59.2 Å². The minimum atomic E-state index is -1.01. The van der Waals surface area contributed by atoms with E-state index in [1.54, 1.807) is 0 Å². The minimum absolute atomic E-state index is 0.000824. The number of anilines is 2. The number of para-hydroxylation sites is 1. The Kier molecular flexibility index (Phi) is 3.44. The van der Waals surface area contributed by atoms with Crippen molar-refractivity contribution in [2.24, 2.45) is 11.8 Å². The summed E-state index contributed by atoms with van der Waals surface area (Å²) in [6.45, 7) is 4.73. The number of aryl methyl sites for hydroxylation is 2. The summed E-state index contributed by atoms with van der Waals surface area (Å²) < 4.78 is 0. The van der Waals surface area contributed by atoms with Gasteiger partial charge >= 0.3 is 0 Å². The van der Waals surface area contributed by atoms with E-state index >= 15 is 0 Å².